The molecule has 0 aromatic heterocycles. The minimum Gasteiger partial charge on any atom is -0.497 e. The average molecular weight is 407 g/mol. The van der Waals surface area contributed by atoms with Crippen LogP contribution < -0.4 is 25.1 Å². The molecule has 152 valence electrons. The van der Waals surface area contributed by atoms with Gasteiger partial charge < -0.3 is 25.1 Å². The van der Waals surface area contributed by atoms with Crippen molar-refractivity contribution in [3.05, 3.63) is 48.0 Å². The number of hydrogen-bond donors (Lipinski definition) is 2. The molecule has 2 aromatic rings. The summed E-state index contributed by atoms with van der Waals surface area (Å²) in [5, 5.41) is 0. The topological polar surface area (TPSA) is 126 Å². The summed E-state index contributed by atoms with van der Waals surface area (Å²) in [5.74, 6) is 1.34. The van der Waals surface area contributed by atoms with Crippen LogP contribution in [-0.2, 0) is 10.1 Å². The van der Waals surface area contributed by atoms with Gasteiger partial charge in [-0.3, -0.25) is 4.99 Å². The summed E-state index contributed by atoms with van der Waals surface area (Å²) in [7, 11) is -2.45. The van der Waals surface area contributed by atoms with E-state index in [0.29, 0.717) is 24.7 Å². The SMILES string of the molecule is COc1ccc(S(=O)(=O)Oc2cc(C)cc(OCCCCN=C(N)N)c2)cc1. The Morgan fingerprint density at radius 2 is 1.68 bits per heavy atom. The molecule has 0 heterocycles. The Balaban J connectivity index is 2.00. The van der Waals surface area contributed by atoms with Crippen LogP contribution in [0.5, 0.6) is 17.2 Å². The first-order chi connectivity index (χ1) is 13.3. The van der Waals surface area contributed by atoms with Gasteiger partial charge >= 0.3 is 10.1 Å². The van der Waals surface area contributed by atoms with Gasteiger partial charge in [0.2, 0.25) is 0 Å². The lowest BCUT2D eigenvalue weighted by molar-refractivity contribution is 0.307. The fourth-order valence-corrected chi connectivity index (χ4v) is 3.29. The van der Waals surface area contributed by atoms with Gasteiger partial charge in [0.25, 0.3) is 0 Å². The van der Waals surface area contributed by atoms with E-state index in [1.807, 2.05) is 13.0 Å². The van der Waals surface area contributed by atoms with Crippen molar-refractivity contribution < 1.29 is 22.1 Å². The summed E-state index contributed by atoms with van der Waals surface area (Å²) in [6, 6.07) is 11.0. The van der Waals surface area contributed by atoms with Gasteiger partial charge in [-0.1, -0.05) is 0 Å². The molecule has 0 radical (unpaired) electrons. The zero-order valence-corrected chi connectivity index (χ0v) is 16.7. The molecule has 0 saturated carbocycles. The number of nitrogens with two attached hydrogens (primary N) is 2. The van der Waals surface area contributed by atoms with E-state index in [9.17, 15) is 8.42 Å². The third-order valence-corrected chi connectivity index (χ3v) is 4.96. The fraction of sp³-hybridized carbons (Fsp3) is 0.316. The van der Waals surface area contributed by atoms with Crippen LogP contribution in [-0.4, -0.2) is 34.6 Å². The third kappa shape index (κ3) is 6.66. The Morgan fingerprint density at radius 3 is 2.32 bits per heavy atom. The molecule has 0 bridgehead atoms. The minimum atomic E-state index is -3.96. The molecule has 0 atom stereocenters. The van der Waals surface area contributed by atoms with Gasteiger partial charge in [0.1, 0.15) is 22.1 Å². The standard InChI is InChI=1S/C19H25N3O5S/c1-14-11-16(26-10-4-3-9-22-19(20)21)13-17(12-14)27-28(23,24)18-7-5-15(25-2)6-8-18/h5-8,11-13H,3-4,9-10H2,1-2H3,(H4,20,21,22). The smallest absolute Gasteiger partial charge is 0.339 e. The number of benzene rings is 2. The van der Waals surface area contributed by atoms with Crippen LogP contribution >= 0.6 is 0 Å². The Morgan fingerprint density at radius 1 is 1.00 bits per heavy atom. The second-order valence-corrected chi connectivity index (χ2v) is 7.60. The minimum absolute atomic E-state index is 0.0389. The molecular formula is C19H25N3O5S. The normalized spacial score (nSPS) is 10.9. The molecule has 8 nitrogen and oxygen atoms in total. The molecular weight excluding hydrogens is 382 g/mol. The Kier molecular flexibility index (Phi) is 7.51. The molecule has 0 aliphatic heterocycles. The molecule has 0 fully saturated rings. The molecule has 0 unspecified atom stereocenters. The highest BCUT2D eigenvalue weighted by Gasteiger charge is 2.17. The fourth-order valence-electron chi connectivity index (χ4n) is 2.37. The molecule has 0 aliphatic rings. The van der Waals surface area contributed by atoms with Crippen molar-refractivity contribution in [1.82, 2.24) is 0 Å². The number of methoxy groups -OCH3 is 1. The van der Waals surface area contributed by atoms with Crippen LogP contribution in [0.3, 0.4) is 0 Å². The Bertz CT molecular complexity index is 908. The maximum absolute atomic E-state index is 12.5. The van der Waals surface area contributed by atoms with Crippen LogP contribution in [0.2, 0.25) is 0 Å². The van der Waals surface area contributed by atoms with Crippen molar-refractivity contribution in [2.24, 2.45) is 16.5 Å². The van der Waals surface area contributed by atoms with E-state index in [1.165, 1.54) is 19.2 Å². The van der Waals surface area contributed by atoms with Gasteiger partial charge in [-0.25, -0.2) is 0 Å². The summed E-state index contributed by atoms with van der Waals surface area (Å²) in [5.41, 5.74) is 11.3. The van der Waals surface area contributed by atoms with E-state index in [4.69, 9.17) is 25.1 Å². The summed E-state index contributed by atoms with van der Waals surface area (Å²) < 4.78 is 40.9. The highest BCUT2D eigenvalue weighted by Crippen LogP contribution is 2.26. The zero-order valence-electron chi connectivity index (χ0n) is 15.9. The van der Waals surface area contributed by atoms with Crippen LogP contribution in [0.4, 0.5) is 0 Å². The van der Waals surface area contributed by atoms with E-state index in [2.05, 4.69) is 4.99 Å². The summed E-state index contributed by atoms with van der Waals surface area (Å²) in [4.78, 5) is 3.94. The maximum Gasteiger partial charge on any atom is 0.339 e. The molecule has 2 rings (SSSR count). The van der Waals surface area contributed by atoms with Crippen LogP contribution in [0.25, 0.3) is 0 Å². The summed E-state index contributed by atoms with van der Waals surface area (Å²) in [6.07, 6.45) is 1.53. The number of unbranched alkanes of at least 4 members (excludes halogenated alkanes) is 1. The first-order valence-electron chi connectivity index (χ1n) is 8.68. The van der Waals surface area contributed by atoms with Gasteiger partial charge in [0, 0.05) is 12.6 Å². The largest absolute Gasteiger partial charge is 0.497 e. The predicted octanol–water partition coefficient (Wildman–Crippen LogP) is 2.20. The third-order valence-electron chi connectivity index (χ3n) is 3.69. The van der Waals surface area contributed by atoms with E-state index < -0.39 is 10.1 Å². The van der Waals surface area contributed by atoms with Crippen LogP contribution in [0.15, 0.2) is 52.4 Å². The van der Waals surface area contributed by atoms with E-state index in [1.54, 1.807) is 24.3 Å². The van der Waals surface area contributed by atoms with E-state index >= 15 is 0 Å². The van der Waals surface area contributed by atoms with E-state index in [-0.39, 0.29) is 16.6 Å². The van der Waals surface area contributed by atoms with E-state index in [0.717, 1.165) is 18.4 Å². The monoisotopic (exact) mass is 407 g/mol. The maximum atomic E-state index is 12.5. The summed E-state index contributed by atoms with van der Waals surface area (Å²) >= 11 is 0. The number of ether oxygens (including phenoxy) is 2. The number of aliphatic imine (C=N–C) groups is 1. The zero-order chi connectivity index (χ0) is 20.6. The van der Waals surface area contributed by atoms with Gasteiger partial charge in [-0.05, 0) is 61.7 Å². The molecule has 9 heteroatoms. The second-order valence-electron chi connectivity index (χ2n) is 6.06. The molecule has 0 amide bonds. The number of guanidine groups is 1. The van der Waals surface area contributed by atoms with Crippen molar-refractivity contribution in [3.63, 3.8) is 0 Å². The summed E-state index contributed by atoms with van der Waals surface area (Å²) in [6.45, 7) is 2.82. The molecule has 0 spiro atoms. The number of nitrogens with zero attached hydrogens (tertiary/aromatic N) is 1. The second kappa shape index (κ2) is 9.84. The molecule has 0 aliphatic carbocycles. The quantitative estimate of drug-likeness (QED) is 0.267. The lowest BCUT2D eigenvalue weighted by Gasteiger charge is -2.11. The number of rotatable bonds is 10. The molecule has 0 saturated heterocycles. The highest BCUT2D eigenvalue weighted by atomic mass is 32.2. The van der Waals surface area contributed by atoms with Gasteiger partial charge in [-0.15, -0.1) is 0 Å². The Labute approximate surface area is 165 Å². The first kappa shape index (κ1) is 21.4. The van der Waals surface area contributed by atoms with Gasteiger partial charge in [-0.2, -0.15) is 8.42 Å². The lowest BCUT2D eigenvalue weighted by atomic mass is 10.2. The highest BCUT2D eigenvalue weighted by molar-refractivity contribution is 7.87. The first-order valence-corrected chi connectivity index (χ1v) is 10.1. The number of hydrogen-bond acceptors (Lipinski definition) is 6. The number of aryl methyl sites for hydroxylation is 1. The van der Waals surface area contributed by atoms with Crippen molar-refractivity contribution in [2.75, 3.05) is 20.3 Å². The molecule has 4 N–H and O–H groups in total. The predicted molar refractivity (Wildman–Crippen MR) is 107 cm³/mol. The van der Waals surface area contributed by atoms with Crippen molar-refractivity contribution in [3.8, 4) is 17.2 Å². The van der Waals surface area contributed by atoms with Crippen LogP contribution in [0, 0.1) is 6.92 Å². The van der Waals surface area contributed by atoms with Gasteiger partial charge in [0.15, 0.2) is 5.96 Å². The molecule has 2 aromatic carbocycles. The van der Waals surface area contributed by atoms with Crippen molar-refractivity contribution >= 4 is 16.1 Å². The average Bonchev–Trinajstić information content (AvgIpc) is 2.63. The van der Waals surface area contributed by atoms with Crippen LogP contribution in [0.1, 0.15) is 18.4 Å². The Hall–Kier alpha value is -2.94. The lowest BCUT2D eigenvalue weighted by Crippen LogP contribution is -2.23. The van der Waals surface area contributed by atoms with Gasteiger partial charge in [0.05, 0.1) is 13.7 Å². The molecule has 28 heavy (non-hydrogen) atoms. The van der Waals surface area contributed by atoms with Crippen molar-refractivity contribution in [2.45, 2.75) is 24.7 Å². The van der Waals surface area contributed by atoms with Crippen molar-refractivity contribution in [1.29, 1.82) is 0 Å².